The monoisotopic (exact) mass is 362 g/mol. The van der Waals surface area contributed by atoms with Crippen LogP contribution >= 0.6 is 11.3 Å². The van der Waals surface area contributed by atoms with Crippen molar-refractivity contribution in [3.8, 4) is 11.3 Å². The summed E-state index contributed by atoms with van der Waals surface area (Å²) in [6.07, 6.45) is 3.97. The van der Waals surface area contributed by atoms with Crippen molar-refractivity contribution in [3.63, 3.8) is 0 Å². The van der Waals surface area contributed by atoms with Gasteiger partial charge in [-0.2, -0.15) is 0 Å². The summed E-state index contributed by atoms with van der Waals surface area (Å²) in [7, 11) is 0. The minimum atomic E-state index is -0.266. The van der Waals surface area contributed by atoms with E-state index in [0.29, 0.717) is 0 Å². The molecule has 0 bridgehead atoms. The molecule has 2 amide bonds. The number of aryl methyl sites for hydroxylation is 2. The Labute approximate surface area is 155 Å². The Kier molecular flexibility index (Phi) is 4.18. The third-order valence-corrected chi connectivity index (χ3v) is 4.76. The van der Waals surface area contributed by atoms with Gasteiger partial charge in [-0.1, -0.05) is 18.2 Å². The first-order valence-corrected chi connectivity index (χ1v) is 9.14. The first kappa shape index (κ1) is 16.4. The average Bonchev–Trinajstić information content (AvgIpc) is 3.15. The highest BCUT2D eigenvalue weighted by Crippen LogP contribution is 2.24. The molecular formula is C20H18N4OS. The topological polar surface area (TPSA) is 58.4 Å². The summed E-state index contributed by atoms with van der Waals surface area (Å²) in [5, 5.41) is 7.77. The lowest BCUT2D eigenvalue weighted by atomic mass is 10.1. The first-order valence-electron chi connectivity index (χ1n) is 8.26. The van der Waals surface area contributed by atoms with Crippen LogP contribution in [0.5, 0.6) is 0 Å². The fourth-order valence-electron chi connectivity index (χ4n) is 2.96. The van der Waals surface area contributed by atoms with Crippen LogP contribution in [-0.4, -0.2) is 15.4 Å². The van der Waals surface area contributed by atoms with Gasteiger partial charge in [0.05, 0.1) is 5.69 Å². The molecule has 2 aromatic heterocycles. The van der Waals surface area contributed by atoms with Gasteiger partial charge in [0, 0.05) is 34.7 Å². The molecule has 0 aliphatic carbocycles. The number of nitrogens with one attached hydrogen (secondary N) is 2. The Hall–Kier alpha value is -3.12. The number of nitrogens with zero attached hydrogens (tertiary/aromatic N) is 2. The number of fused-ring (bicyclic) bond motifs is 1. The van der Waals surface area contributed by atoms with Crippen LogP contribution in [-0.2, 0) is 0 Å². The van der Waals surface area contributed by atoms with E-state index in [1.54, 1.807) is 11.3 Å². The first-order chi connectivity index (χ1) is 12.6. The van der Waals surface area contributed by atoms with Crippen LogP contribution < -0.4 is 10.6 Å². The smallest absolute Gasteiger partial charge is 0.308 e. The lowest BCUT2D eigenvalue weighted by Gasteiger charge is -2.10. The standard InChI is InChI=1S/C20H18N4OS/c1-13-8-14(2)10-17(9-13)22-19(25)21-16-5-3-4-15(11-16)18-12-24-6-7-26-20(24)23-18/h3-12H,1-2H3,(H2,21,22,25). The van der Waals surface area contributed by atoms with Crippen molar-refractivity contribution in [2.24, 2.45) is 0 Å². The molecule has 0 aliphatic rings. The van der Waals surface area contributed by atoms with Gasteiger partial charge >= 0.3 is 6.03 Å². The van der Waals surface area contributed by atoms with Crippen LogP contribution in [0, 0.1) is 13.8 Å². The summed E-state index contributed by atoms with van der Waals surface area (Å²) < 4.78 is 1.99. The van der Waals surface area contributed by atoms with Crippen LogP contribution in [0.1, 0.15) is 11.1 Å². The fourth-order valence-corrected chi connectivity index (χ4v) is 3.66. The van der Waals surface area contributed by atoms with E-state index in [4.69, 9.17) is 0 Å². The van der Waals surface area contributed by atoms with E-state index in [1.165, 1.54) is 0 Å². The predicted molar refractivity (Wildman–Crippen MR) is 107 cm³/mol. The van der Waals surface area contributed by atoms with Crippen molar-refractivity contribution >= 4 is 33.7 Å². The van der Waals surface area contributed by atoms with E-state index in [0.717, 1.165) is 38.7 Å². The zero-order chi connectivity index (χ0) is 18.1. The Balaban J connectivity index is 1.51. The molecule has 0 unspecified atom stereocenters. The molecule has 130 valence electrons. The van der Waals surface area contributed by atoms with Crippen LogP contribution in [0.25, 0.3) is 16.2 Å². The van der Waals surface area contributed by atoms with Crippen molar-refractivity contribution in [1.82, 2.24) is 9.38 Å². The van der Waals surface area contributed by atoms with Gasteiger partial charge < -0.3 is 10.6 Å². The second-order valence-electron chi connectivity index (χ2n) is 6.26. The van der Waals surface area contributed by atoms with Crippen LogP contribution in [0.4, 0.5) is 16.2 Å². The summed E-state index contributed by atoms with van der Waals surface area (Å²) in [6.45, 7) is 4.02. The van der Waals surface area contributed by atoms with Crippen LogP contribution in [0.3, 0.4) is 0 Å². The third-order valence-electron chi connectivity index (χ3n) is 3.99. The minimum Gasteiger partial charge on any atom is -0.308 e. The summed E-state index contributed by atoms with van der Waals surface area (Å²) in [4.78, 5) is 17.9. The number of thiazole rings is 1. The summed E-state index contributed by atoms with van der Waals surface area (Å²) in [5.41, 5.74) is 5.58. The van der Waals surface area contributed by atoms with Gasteiger partial charge in [-0.25, -0.2) is 9.78 Å². The highest BCUT2D eigenvalue weighted by Gasteiger charge is 2.08. The van der Waals surface area contributed by atoms with E-state index >= 15 is 0 Å². The van der Waals surface area contributed by atoms with E-state index in [9.17, 15) is 4.79 Å². The number of carbonyl (C=O) groups is 1. The van der Waals surface area contributed by atoms with E-state index in [1.807, 2.05) is 72.4 Å². The predicted octanol–water partition coefficient (Wildman–Crippen LogP) is 5.32. The fraction of sp³-hybridized carbons (Fsp3) is 0.100. The highest BCUT2D eigenvalue weighted by atomic mass is 32.1. The highest BCUT2D eigenvalue weighted by molar-refractivity contribution is 7.15. The van der Waals surface area contributed by atoms with Gasteiger partial charge in [0.1, 0.15) is 0 Å². The quantitative estimate of drug-likeness (QED) is 0.518. The van der Waals surface area contributed by atoms with Crippen LogP contribution in [0.15, 0.2) is 60.2 Å². The number of amides is 2. The average molecular weight is 362 g/mol. The Morgan fingerprint density at radius 3 is 2.58 bits per heavy atom. The van der Waals surface area contributed by atoms with Crippen molar-refractivity contribution < 1.29 is 4.79 Å². The number of imidazole rings is 1. The SMILES string of the molecule is Cc1cc(C)cc(NC(=O)Nc2cccc(-c3cn4ccsc4n3)c2)c1. The number of carbonyl (C=O) groups excluding carboxylic acids is 1. The number of rotatable bonds is 3. The van der Waals surface area contributed by atoms with Gasteiger partial charge in [-0.15, -0.1) is 11.3 Å². The molecule has 0 radical (unpaired) electrons. The molecule has 0 saturated carbocycles. The number of benzene rings is 2. The van der Waals surface area contributed by atoms with Crippen molar-refractivity contribution in [3.05, 3.63) is 71.4 Å². The normalized spacial score (nSPS) is 10.8. The molecule has 0 atom stereocenters. The maximum absolute atomic E-state index is 12.3. The van der Waals surface area contributed by atoms with E-state index in [2.05, 4.69) is 21.7 Å². The molecular weight excluding hydrogens is 344 g/mol. The van der Waals surface area contributed by atoms with E-state index in [-0.39, 0.29) is 6.03 Å². The molecule has 0 fully saturated rings. The molecule has 26 heavy (non-hydrogen) atoms. The second-order valence-corrected chi connectivity index (χ2v) is 7.13. The molecule has 6 heteroatoms. The number of hydrogen-bond acceptors (Lipinski definition) is 3. The lowest BCUT2D eigenvalue weighted by Crippen LogP contribution is -2.19. The molecule has 2 aromatic carbocycles. The van der Waals surface area contributed by atoms with Crippen LogP contribution in [0.2, 0.25) is 0 Å². The number of anilines is 2. The largest absolute Gasteiger partial charge is 0.323 e. The Morgan fingerprint density at radius 1 is 1.04 bits per heavy atom. The molecule has 4 rings (SSSR count). The number of urea groups is 1. The third kappa shape index (κ3) is 3.45. The number of hydrogen-bond donors (Lipinski definition) is 2. The summed E-state index contributed by atoms with van der Waals surface area (Å²) >= 11 is 1.59. The van der Waals surface area contributed by atoms with Crippen molar-refractivity contribution in [2.45, 2.75) is 13.8 Å². The molecule has 0 saturated heterocycles. The molecule has 5 nitrogen and oxygen atoms in total. The Morgan fingerprint density at radius 2 is 1.81 bits per heavy atom. The van der Waals surface area contributed by atoms with Gasteiger partial charge in [-0.3, -0.25) is 4.40 Å². The molecule has 2 N–H and O–H groups in total. The van der Waals surface area contributed by atoms with E-state index < -0.39 is 0 Å². The lowest BCUT2D eigenvalue weighted by molar-refractivity contribution is 0.262. The maximum Gasteiger partial charge on any atom is 0.323 e. The van der Waals surface area contributed by atoms with Gasteiger partial charge in [-0.05, 0) is 49.2 Å². The maximum atomic E-state index is 12.3. The van der Waals surface area contributed by atoms with Gasteiger partial charge in [0.2, 0.25) is 0 Å². The van der Waals surface area contributed by atoms with Gasteiger partial charge in [0.25, 0.3) is 0 Å². The Bertz CT molecular complexity index is 1050. The number of aromatic nitrogens is 2. The molecule has 0 aliphatic heterocycles. The van der Waals surface area contributed by atoms with Gasteiger partial charge in [0.15, 0.2) is 4.96 Å². The molecule has 4 aromatic rings. The van der Waals surface area contributed by atoms with Crippen molar-refractivity contribution in [1.29, 1.82) is 0 Å². The summed E-state index contributed by atoms with van der Waals surface area (Å²) in [6, 6.07) is 13.4. The second kappa shape index (κ2) is 6.65. The minimum absolute atomic E-state index is 0.266. The zero-order valence-electron chi connectivity index (χ0n) is 14.5. The molecule has 0 spiro atoms. The van der Waals surface area contributed by atoms with Crippen molar-refractivity contribution in [2.75, 3.05) is 10.6 Å². The molecule has 2 heterocycles. The zero-order valence-corrected chi connectivity index (χ0v) is 15.3. The summed E-state index contributed by atoms with van der Waals surface area (Å²) in [5.74, 6) is 0.